The molecular formula is C21H17Cl2N9. The van der Waals surface area contributed by atoms with Crippen molar-refractivity contribution in [3.63, 3.8) is 0 Å². The van der Waals surface area contributed by atoms with Gasteiger partial charge >= 0.3 is 0 Å². The highest BCUT2D eigenvalue weighted by Gasteiger charge is 2.13. The van der Waals surface area contributed by atoms with Gasteiger partial charge in [-0.3, -0.25) is 10.2 Å². The van der Waals surface area contributed by atoms with Crippen molar-refractivity contribution < 1.29 is 0 Å². The van der Waals surface area contributed by atoms with E-state index in [2.05, 4.69) is 41.0 Å². The molecule has 0 spiro atoms. The van der Waals surface area contributed by atoms with E-state index in [4.69, 9.17) is 28.5 Å². The van der Waals surface area contributed by atoms with Crippen molar-refractivity contribution in [1.29, 1.82) is 5.26 Å². The molecule has 0 aliphatic heterocycles. The van der Waals surface area contributed by atoms with E-state index < -0.39 is 0 Å². The summed E-state index contributed by atoms with van der Waals surface area (Å²) in [6, 6.07) is 16.8. The van der Waals surface area contributed by atoms with Gasteiger partial charge in [-0.25, -0.2) is 0 Å². The first-order valence-electron chi connectivity index (χ1n) is 8.88. The predicted molar refractivity (Wildman–Crippen MR) is 123 cm³/mol. The largest absolute Gasteiger partial charge is 0.274 e. The van der Waals surface area contributed by atoms with Crippen LogP contribution >= 0.6 is 23.2 Å². The van der Waals surface area contributed by atoms with Crippen LogP contribution in [0.25, 0.3) is 33.8 Å². The number of H-pyrrole nitrogens is 3. The number of benzene rings is 2. The summed E-state index contributed by atoms with van der Waals surface area (Å²) in [5.74, 6) is 0.470. The lowest BCUT2D eigenvalue weighted by molar-refractivity contribution is 0.881. The minimum atomic E-state index is 0. The van der Waals surface area contributed by atoms with Crippen LogP contribution in [0.2, 0.25) is 10.0 Å². The minimum absolute atomic E-state index is 0. The van der Waals surface area contributed by atoms with E-state index in [0.29, 0.717) is 27.3 Å². The molecule has 0 aliphatic rings. The molecule has 0 unspecified atom stereocenters. The molecule has 0 bridgehead atoms. The Kier molecular flexibility index (Phi) is 7.33. The lowest BCUT2D eigenvalue weighted by Crippen LogP contribution is -1.85. The zero-order valence-corrected chi connectivity index (χ0v) is 17.2. The van der Waals surface area contributed by atoms with Crippen LogP contribution in [-0.4, -0.2) is 41.0 Å². The summed E-state index contributed by atoms with van der Waals surface area (Å²) < 4.78 is 0. The SMILES string of the molecule is C.Clc1cccc(-c2cn[nH]c2-c2nn[nH]n2)c1.N#Cc1[nH]ncc1-c1cccc(Cl)c1. The number of halogens is 2. The average Bonchev–Trinajstić information content (AvgIpc) is 3.55. The average molecular weight is 466 g/mol. The van der Waals surface area contributed by atoms with E-state index >= 15 is 0 Å². The number of aromatic amines is 3. The molecule has 5 rings (SSSR count). The minimum Gasteiger partial charge on any atom is -0.274 e. The zero-order chi connectivity index (χ0) is 21.6. The van der Waals surface area contributed by atoms with E-state index in [9.17, 15) is 0 Å². The topological polar surface area (TPSA) is 136 Å². The molecule has 0 aliphatic carbocycles. The summed E-state index contributed by atoms with van der Waals surface area (Å²) in [5.41, 5.74) is 4.66. The van der Waals surface area contributed by atoms with Gasteiger partial charge in [0.05, 0.1) is 12.4 Å². The first-order valence-corrected chi connectivity index (χ1v) is 9.64. The number of hydrogen-bond donors (Lipinski definition) is 3. The van der Waals surface area contributed by atoms with Crippen LogP contribution in [0, 0.1) is 11.3 Å². The van der Waals surface area contributed by atoms with Gasteiger partial charge in [0.1, 0.15) is 17.5 Å². The Bertz CT molecular complexity index is 1330. The fourth-order valence-corrected chi connectivity index (χ4v) is 3.23. The van der Waals surface area contributed by atoms with Gasteiger partial charge < -0.3 is 0 Å². The Morgan fingerprint density at radius 1 is 0.844 bits per heavy atom. The Morgan fingerprint density at radius 2 is 1.47 bits per heavy atom. The van der Waals surface area contributed by atoms with E-state index in [-0.39, 0.29) is 7.43 Å². The third-order valence-electron chi connectivity index (χ3n) is 4.23. The second-order valence-corrected chi connectivity index (χ2v) is 7.06. The van der Waals surface area contributed by atoms with Crippen LogP contribution in [0.5, 0.6) is 0 Å². The smallest absolute Gasteiger partial charge is 0.223 e. The highest BCUT2D eigenvalue weighted by molar-refractivity contribution is 6.31. The molecule has 32 heavy (non-hydrogen) atoms. The summed E-state index contributed by atoms with van der Waals surface area (Å²) in [6.07, 6.45) is 3.32. The van der Waals surface area contributed by atoms with Crippen molar-refractivity contribution >= 4 is 23.2 Å². The second-order valence-electron chi connectivity index (χ2n) is 6.19. The van der Waals surface area contributed by atoms with Crippen molar-refractivity contribution in [2.24, 2.45) is 0 Å². The van der Waals surface area contributed by atoms with E-state index in [1.165, 1.54) is 0 Å². The quantitative estimate of drug-likeness (QED) is 0.337. The lowest BCUT2D eigenvalue weighted by Gasteiger charge is -2.00. The molecule has 0 atom stereocenters. The summed E-state index contributed by atoms with van der Waals surface area (Å²) in [6.45, 7) is 0. The van der Waals surface area contributed by atoms with Crippen molar-refractivity contribution in [3.05, 3.63) is 76.7 Å². The van der Waals surface area contributed by atoms with Crippen LogP contribution in [-0.2, 0) is 0 Å². The molecule has 3 aromatic heterocycles. The van der Waals surface area contributed by atoms with E-state index in [1.54, 1.807) is 24.5 Å². The molecule has 5 aromatic rings. The third-order valence-corrected chi connectivity index (χ3v) is 4.70. The number of nitriles is 1. The van der Waals surface area contributed by atoms with Crippen LogP contribution in [0.3, 0.4) is 0 Å². The van der Waals surface area contributed by atoms with Gasteiger partial charge in [0.15, 0.2) is 0 Å². The number of nitrogens with one attached hydrogen (secondary N) is 3. The number of hydrogen-bond acceptors (Lipinski definition) is 6. The third kappa shape index (κ3) is 5.00. The second kappa shape index (κ2) is 10.3. The molecule has 9 nitrogen and oxygen atoms in total. The number of rotatable bonds is 3. The van der Waals surface area contributed by atoms with Crippen LogP contribution in [0.15, 0.2) is 60.9 Å². The molecule has 0 amide bonds. The van der Waals surface area contributed by atoms with Gasteiger partial charge in [0.25, 0.3) is 0 Å². The predicted octanol–water partition coefficient (Wildman–Crippen LogP) is 5.15. The first kappa shape index (κ1) is 22.7. The maximum absolute atomic E-state index is 8.78. The fourth-order valence-electron chi connectivity index (χ4n) is 2.85. The summed E-state index contributed by atoms with van der Waals surface area (Å²) >= 11 is 11.8. The molecular weight excluding hydrogens is 449 g/mol. The summed E-state index contributed by atoms with van der Waals surface area (Å²) in [7, 11) is 0. The van der Waals surface area contributed by atoms with Gasteiger partial charge in [-0.15, -0.1) is 10.2 Å². The molecule has 0 saturated heterocycles. The monoisotopic (exact) mass is 465 g/mol. The van der Waals surface area contributed by atoms with Crippen molar-refractivity contribution in [3.8, 4) is 39.8 Å². The standard InChI is InChI=1S/C10H7ClN6.C10H6ClN3.CH4/c11-7-3-1-2-6(4-7)8-5-12-13-9(8)10-14-16-17-15-10;11-8-3-1-2-7(4-8)9-6-13-14-10(9)5-12;/h1-5H,(H,12,13)(H,14,15,16,17);1-4,6H,(H,13,14);1H4. The number of aromatic nitrogens is 8. The molecule has 0 fully saturated rings. The highest BCUT2D eigenvalue weighted by atomic mass is 35.5. The maximum Gasteiger partial charge on any atom is 0.223 e. The van der Waals surface area contributed by atoms with Crippen LogP contribution in [0.1, 0.15) is 13.1 Å². The van der Waals surface area contributed by atoms with E-state index in [1.807, 2.05) is 42.5 Å². The summed E-state index contributed by atoms with van der Waals surface area (Å²) in [5, 5.41) is 37.1. The molecule has 3 heterocycles. The van der Waals surface area contributed by atoms with Crippen molar-refractivity contribution in [2.45, 2.75) is 7.43 Å². The number of nitrogens with zero attached hydrogens (tertiary/aromatic N) is 6. The molecule has 11 heteroatoms. The van der Waals surface area contributed by atoms with Crippen molar-refractivity contribution in [2.75, 3.05) is 0 Å². The normalized spacial score (nSPS) is 9.91. The maximum atomic E-state index is 8.78. The van der Waals surface area contributed by atoms with E-state index in [0.717, 1.165) is 22.3 Å². The number of tetrazole rings is 1. The Balaban J connectivity index is 0.000000178. The molecule has 3 N–H and O–H groups in total. The Labute approximate surface area is 193 Å². The van der Waals surface area contributed by atoms with Gasteiger partial charge in [-0.1, -0.05) is 54.9 Å². The van der Waals surface area contributed by atoms with Crippen molar-refractivity contribution in [1.82, 2.24) is 41.0 Å². The van der Waals surface area contributed by atoms with Gasteiger partial charge in [0.2, 0.25) is 5.82 Å². The summed E-state index contributed by atoms with van der Waals surface area (Å²) in [4.78, 5) is 0. The first-order chi connectivity index (χ1) is 15.2. The molecule has 160 valence electrons. The molecule has 2 aromatic carbocycles. The van der Waals surface area contributed by atoms with Gasteiger partial charge in [-0.2, -0.15) is 20.7 Å². The lowest BCUT2D eigenvalue weighted by atomic mass is 10.1. The zero-order valence-electron chi connectivity index (χ0n) is 15.7. The highest BCUT2D eigenvalue weighted by Crippen LogP contribution is 2.29. The van der Waals surface area contributed by atoms with Crippen LogP contribution in [0.4, 0.5) is 0 Å². The van der Waals surface area contributed by atoms with Gasteiger partial charge in [-0.05, 0) is 40.6 Å². The Hall–Kier alpha value is -4.00. The molecule has 0 saturated carbocycles. The Morgan fingerprint density at radius 3 is 2.06 bits per heavy atom. The molecule has 0 radical (unpaired) electrons. The van der Waals surface area contributed by atoms with Crippen LogP contribution < -0.4 is 0 Å². The van der Waals surface area contributed by atoms with Gasteiger partial charge in [0, 0.05) is 21.2 Å². The fraction of sp³-hybridized carbons (Fsp3) is 0.0476.